The molecule has 1 N–H and O–H groups in total. The molecule has 1 aliphatic heterocycles. The largest absolute Gasteiger partial charge is 0.359 e. The summed E-state index contributed by atoms with van der Waals surface area (Å²) in [5, 5.41) is 3.50. The maximum absolute atomic E-state index is 5.72. The van der Waals surface area contributed by atoms with Crippen LogP contribution in [0.25, 0.3) is 0 Å². The predicted octanol–water partition coefficient (Wildman–Crippen LogP) is 3.24. The monoisotopic (exact) mass is 269 g/mol. The average molecular weight is 270 g/mol. The van der Waals surface area contributed by atoms with Gasteiger partial charge in [-0.3, -0.25) is 5.32 Å². The summed E-state index contributed by atoms with van der Waals surface area (Å²) < 4.78 is 6.82. The van der Waals surface area contributed by atoms with Crippen LogP contribution in [0.1, 0.15) is 31.6 Å². The van der Waals surface area contributed by atoms with Crippen LogP contribution in [0, 0.1) is 0 Å². The van der Waals surface area contributed by atoms with Gasteiger partial charge < -0.3 is 4.74 Å². The summed E-state index contributed by atoms with van der Waals surface area (Å²) in [4.78, 5) is 0. The lowest BCUT2D eigenvalue weighted by Gasteiger charge is -2.31. The zero-order valence-corrected chi connectivity index (χ0v) is 10.5. The second kappa shape index (κ2) is 5.10. The lowest BCUT2D eigenvalue weighted by molar-refractivity contribution is -0.0205. The van der Waals surface area contributed by atoms with E-state index in [2.05, 4.69) is 40.3 Å². The molecule has 1 saturated heterocycles. The van der Waals surface area contributed by atoms with E-state index in [0.717, 1.165) is 23.9 Å². The molecule has 0 spiro atoms. The van der Waals surface area contributed by atoms with E-state index in [4.69, 9.17) is 4.74 Å². The fourth-order valence-electron chi connectivity index (χ4n) is 1.86. The van der Waals surface area contributed by atoms with E-state index in [-0.39, 0.29) is 6.23 Å². The maximum atomic E-state index is 5.72. The van der Waals surface area contributed by atoms with Crippen LogP contribution in [0.2, 0.25) is 0 Å². The van der Waals surface area contributed by atoms with Crippen molar-refractivity contribution in [1.82, 2.24) is 5.32 Å². The molecular weight excluding hydrogens is 254 g/mol. The van der Waals surface area contributed by atoms with Gasteiger partial charge in [0.2, 0.25) is 0 Å². The Kier molecular flexibility index (Phi) is 3.78. The number of ether oxygens (including phenoxy) is 1. The summed E-state index contributed by atoms with van der Waals surface area (Å²) in [5.41, 5.74) is 1.20. The van der Waals surface area contributed by atoms with Crippen LogP contribution in [0.3, 0.4) is 0 Å². The van der Waals surface area contributed by atoms with Gasteiger partial charge in [0.15, 0.2) is 0 Å². The average Bonchev–Trinajstić information content (AvgIpc) is 2.29. The van der Waals surface area contributed by atoms with Crippen LogP contribution in [0.15, 0.2) is 28.7 Å². The van der Waals surface area contributed by atoms with Gasteiger partial charge in [-0.1, -0.05) is 35.0 Å². The van der Waals surface area contributed by atoms with Crippen LogP contribution in [0.5, 0.6) is 0 Å². The summed E-state index contributed by atoms with van der Waals surface area (Å²) in [6.07, 6.45) is 2.33. The molecule has 0 amide bonds. The van der Waals surface area contributed by atoms with Crippen molar-refractivity contribution in [2.24, 2.45) is 0 Å². The van der Waals surface area contributed by atoms with Crippen molar-refractivity contribution < 1.29 is 4.74 Å². The van der Waals surface area contributed by atoms with Crippen molar-refractivity contribution in [3.05, 3.63) is 34.3 Å². The Balaban J connectivity index is 2.09. The number of benzene rings is 1. The van der Waals surface area contributed by atoms with Crippen LogP contribution in [-0.4, -0.2) is 12.6 Å². The van der Waals surface area contributed by atoms with Crippen molar-refractivity contribution in [3.8, 4) is 0 Å². The Morgan fingerprint density at radius 1 is 1.53 bits per heavy atom. The Morgan fingerprint density at radius 3 is 3.13 bits per heavy atom. The number of hydrogen-bond donors (Lipinski definition) is 1. The molecule has 0 aromatic heterocycles. The van der Waals surface area contributed by atoms with Gasteiger partial charge in [-0.05, 0) is 30.5 Å². The summed E-state index contributed by atoms with van der Waals surface area (Å²) in [7, 11) is 0. The van der Waals surface area contributed by atoms with Crippen LogP contribution >= 0.6 is 15.9 Å². The minimum atomic E-state index is 0.0567. The zero-order chi connectivity index (χ0) is 10.7. The first-order valence-electron chi connectivity index (χ1n) is 5.42. The molecule has 1 aromatic carbocycles. The lowest BCUT2D eigenvalue weighted by Crippen LogP contribution is -2.39. The highest BCUT2D eigenvalue weighted by Crippen LogP contribution is 2.23. The third-order valence-corrected chi connectivity index (χ3v) is 3.28. The van der Waals surface area contributed by atoms with Gasteiger partial charge >= 0.3 is 0 Å². The highest BCUT2D eigenvalue weighted by Gasteiger charge is 2.21. The minimum absolute atomic E-state index is 0.0567. The molecule has 2 atom stereocenters. The Labute approximate surface area is 99.1 Å². The molecule has 0 aliphatic carbocycles. The molecule has 0 radical (unpaired) electrons. The molecule has 0 bridgehead atoms. The first-order valence-corrected chi connectivity index (χ1v) is 6.22. The molecule has 0 saturated carbocycles. The molecule has 15 heavy (non-hydrogen) atoms. The molecule has 3 heteroatoms. The summed E-state index contributed by atoms with van der Waals surface area (Å²) in [5.74, 6) is 0. The molecule has 82 valence electrons. The number of rotatable bonds is 2. The highest BCUT2D eigenvalue weighted by molar-refractivity contribution is 9.10. The van der Waals surface area contributed by atoms with Crippen molar-refractivity contribution >= 4 is 15.9 Å². The van der Waals surface area contributed by atoms with Crippen molar-refractivity contribution in [1.29, 1.82) is 0 Å². The second-order valence-electron chi connectivity index (χ2n) is 3.87. The number of nitrogens with one attached hydrogen (secondary N) is 1. The van der Waals surface area contributed by atoms with E-state index in [0.29, 0.717) is 6.04 Å². The SMILES string of the molecule is CC[C@H]1CCO[C@@H](c2cccc(Br)c2)N1. The molecule has 2 nitrogen and oxygen atoms in total. The highest BCUT2D eigenvalue weighted by atomic mass is 79.9. The van der Waals surface area contributed by atoms with Gasteiger partial charge in [-0.2, -0.15) is 0 Å². The smallest absolute Gasteiger partial charge is 0.134 e. The zero-order valence-electron chi connectivity index (χ0n) is 8.87. The summed E-state index contributed by atoms with van der Waals surface area (Å²) >= 11 is 3.48. The molecule has 1 aromatic rings. The summed E-state index contributed by atoms with van der Waals surface area (Å²) in [6.45, 7) is 3.06. The van der Waals surface area contributed by atoms with Gasteiger partial charge in [-0.25, -0.2) is 0 Å². The third kappa shape index (κ3) is 2.80. The van der Waals surface area contributed by atoms with Gasteiger partial charge in [0.1, 0.15) is 6.23 Å². The molecule has 1 heterocycles. The van der Waals surface area contributed by atoms with Crippen molar-refractivity contribution in [2.75, 3.05) is 6.61 Å². The maximum Gasteiger partial charge on any atom is 0.134 e. The molecule has 2 rings (SSSR count). The topological polar surface area (TPSA) is 21.3 Å². The van der Waals surface area contributed by atoms with Gasteiger partial charge in [0.05, 0.1) is 6.61 Å². The van der Waals surface area contributed by atoms with Crippen LogP contribution < -0.4 is 5.32 Å². The van der Waals surface area contributed by atoms with Crippen LogP contribution in [0.4, 0.5) is 0 Å². The Morgan fingerprint density at radius 2 is 2.40 bits per heavy atom. The van der Waals surface area contributed by atoms with E-state index in [1.165, 1.54) is 5.56 Å². The Bertz CT molecular complexity index is 329. The second-order valence-corrected chi connectivity index (χ2v) is 4.78. The molecule has 0 unspecified atom stereocenters. The summed E-state index contributed by atoms with van der Waals surface area (Å²) in [6, 6.07) is 8.86. The Hall–Kier alpha value is -0.380. The quantitative estimate of drug-likeness (QED) is 0.890. The third-order valence-electron chi connectivity index (χ3n) is 2.78. The minimum Gasteiger partial charge on any atom is -0.359 e. The van der Waals surface area contributed by atoms with Crippen molar-refractivity contribution in [2.45, 2.75) is 32.0 Å². The lowest BCUT2D eigenvalue weighted by atomic mass is 10.1. The number of hydrogen-bond acceptors (Lipinski definition) is 2. The van der Waals surface area contributed by atoms with E-state index in [1.807, 2.05) is 12.1 Å². The van der Waals surface area contributed by atoms with Gasteiger partial charge in [0, 0.05) is 10.5 Å². The fourth-order valence-corrected chi connectivity index (χ4v) is 2.27. The first kappa shape index (κ1) is 11.1. The first-order chi connectivity index (χ1) is 7.29. The standard InChI is InChI=1S/C12H16BrNO/c1-2-11-6-7-15-12(14-11)9-4-3-5-10(13)8-9/h3-5,8,11-12,14H,2,6-7H2,1H3/t11-,12-/m0/s1. The van der Waals surface area contributed by atoms with E-state index >= 15 is 0 Å². The fraction of sp³-hybridized carbons (Fsp3) is 0.500. The number of halogens is 1. The van der Waals surface area contributed by atoms with Crippen molar-refractivity contribution in [3.63, 3.8) is 0 Å². The predicted molar refractivity (Wildman–Crippen MR) is 64.7 cm³/mol. The molecular formula is C12H16BrNO. The van der Waals surface area contributed by atoms with Gasteiger partial charge in [-0.15, -0.1) is 0 Å². The molecule has 1 fully saturated rings. The van der Waals surface area contributed by atoms with E-state index in [1.54, 1.807) is 0 Å². The normalized spacial score (nSPS) is 26.5. The van der Waals surface area contributed by atoms with Crippen LogP contribution in [-0.2, 0) is 4.74 Å². The van der Waals surface area contributed by atoms with Gasteiger partial charge in [0.25, 0.3) is 0 Å². The van der Waals surface area contributed by atoms with E-state index < -0.39 is 0 Å². The molecule has 1 aliphatic rings. The van der Waals surface area contributed by atoms with E-state index in [9.17, 15) is 0 Å².